The van der Waals surface area contributed by atoms with Crippen molar-refractivity contribution < 1.29 is 9.84 Å². The minimum atomic E-state index is -0.730. The first-order valence-corrected chi connectivity index (χ1v) is 11.3. The molecule has 1 heterocycles. The van der Waals surface area contributed by atoms with Crippen LogP contribution in [-0.4, -0.2) is 14.9 Å². The van der Waals surface area contributed by atoms with Crippen LogP contribution >= 0.6 is 0 Å². The summed E-state index contributed by atoms with van der Waals surface area (Å²) in [6, 6.07) is 35.9. The summed E-state index contributed by atoms with van der Waals surface area (Å²) in [4.78, 5) is 12.6. The van der Waals surface area contributed by atoms with Gasteiger partial charge in [-0.1, -0.05) is 84.9 Å². The molecule has 1 aromatic heterocycles. The van der Waals surface area contributed by atoms with E-state index in [0.717, 1.165) is 22.3 Å². The molecule has 0 aliphatic rings. The largest absolute Gasteiger partial charge is 0.457 e. The Hall–Kier alpha value is -4.48. The third kappa shape index (κ3) is 4.76. The zero-order chi connectivity index (χ0) is 24.2. The number of para-hydroxylation sites is 2. The first kappa shape index (κ1) is 22.3. The van der Waals surface area contributed by atoms with Gasteiger partial charge in [-0.2, -0.15) is 5.10 Å². The minimum Gasteiger partial charge on any atom is -0.457 e. The van der Waals surface area contributed by atoms with E-state index >= 15 is 0 Å². The molecule has 5 rings (SSSR count). The summed E-state index contributed by atoms with van der Waals surface area (Å²) in [6.45, 7) is 0. The fourth-order valence-electron chi connectivity index (χ4n) is 4.00. The number of aliphatic hydroxyl groups excluding tert-OH is 1. The van der Waals surface area contributed by atoms with E-state index in [2.05, 4.69) is 5.10 Å². The van der Waals surface area contributed by atoms with Crippen molar-refractivity contribution >= 4 is 0 Å². The van der Waals surface area contributed by atoms with Gasteiger partial charge in [-0.05, 0) is 41.0 Å². The Morgan fingerprint density at radius 1 is 0.743 bits per heavy atom. The molecular weight excluding hydrogens is 436 g/mol. The Morgan fingerprint density at radius 3 is 2.06 bits per heavy atom. The van der Waals surface area contributed by atoms with Crippen molar-refractivity contribution in [1.82, 2.24) is 9.78 Å². The second kappa shape index (κ2) is 9.79. The van der Waals surface area contributed by atoms with Gasteiger partial charge in [0.25, 0.3) is 5.56 Å². The van der Waals surface area contributed by atoms with Crippen molar-refractivity contribution in [3.05, 3.63) is 137 Å². The topological polar surface area (TPSA) is 64.3 Å². The number of aryl methyl sites for hydroxylation is 1. The molecular formula is C30H24N2O3. The van der Waals surface area contributed by atoms with Gasteiger partial charge >= 0.3 is 0 Å². The van der Waals surface area contributed by atoms with E-state index in [1.807, 2.05) is 109 Å². The van der Waals surface area contributed by atoms with Gasteiger partial charge in [-0.25, -0.2) is 4.68 Å². The van der Waals surface area contributed by atoms with Crippen LogP contribution in [0.1, 0.15) is 17.2 Å². The normalized spacial score (nSPS) is 11.7. The number of benzene rings is 4. The summed E-state index contributed by atoms with van der Waals surface area (Å²) in [6.07, 6.45) is -0.730. The number of rotatable bonds is 6. The molecule has 0 amide bonds. The van der Waals surface area contributed by atoms with Crippen molar-refractivity contribution in [1.29, 1.82) is 0 Å². The molecule has 172 valence electrons. The number of ether oxygens (including phenoxy) is 1. The molecule has 0 radical (unpaired) electrons. The van der Waals surface area contributed by atoms with Crippen LogP contribution in [0, 0.1) is 0 Å². The first-order valence-electron chi connectivity index (χ1n) is 11.3. The van der Waals surface area contributed by atoms with Crippen LogP contribution in [0.15, 0.2) is 120 Å². The fraction of sp³-hybridized carbons (Fsp3) is 0.0667. The maximum atomic E-state index is 12.6. The monoisotopic (exact) mass is 460 g/mol. The third-order valence-corrected chi connectivity index (χ3v) is 5.86. The Kier molecular flexibility index (Phi) is 6.24. The molecule has 0 spiro atoms. The lowest BCUT2D eigenvalue weighted by atomic mass is 9.96. The van der Waals surface area contributed by atoms with E-state index in [1.165, 1.54) is 4.68 Å². The molecule has 35 heavy (non-hydrogen) atoms. The highest BCUT2D eigenvalue weighted by Gasteiger charge is 2.17. The predicted octanol–water partition coefficient (Wildman–Crippen LogP) is 5.99. The van der Waals surface area contributed by atoms with Gasteiger partial charge in [0.1, 0.15) is 23.3 Å². The molecule has 1 atom stereocenters. The van der Waals surface area contributed by atoms with Gasteiger partial charge in [0, 0.05) is 24.2 Å². The van der Waals surface area contributed by atoms with Gasteiger partial charge < -0.3 is 9.84 Å². The molecule has 0 aliphatic heterocycles. The average molecular weight is 461 g/mol. The summed E-state index contributed by atoms with van der Waals surface area (Å²) in [5.74, 6) is 1.35. The lowest BCUT2D eigenvalue weighted by Crippen LogP contribution is -2.19. The standard InChI is InChI=1S/C30H24N2O3/c1-32-28(33)20-26(21-16-18-23(19-17-21)30(34)22-10-4-2-5-11-22)29(31-32)25-14-8-9-15-27(25)35-24-12-6-3-7-13-24/h2-20,30,34H,1H3. The summed E-state index contributed by atoms with van der Waals surface area (Å²) >= 11 is 0. The van der Waals surface area contributed by atoms with E-state index in [0.29, 0.717) is 22.8 Å². The van der Waals surface area contributed by atoms with Gasteiger partial charge in [-0.3, -0.25) is 4.79 Å². The Bertz CT molecular complexity index is 1490. The minimum absolute atomic E-state index is 0.210. The van der Waals surface area contributed by atoms with Crippen LogP contribution in [0.2, 0.25) is 0 Å². The maximum absolute atomic E-state index is 12.6. The van der Waals surface area contributed by atoms with E-state index in [1.54, 1.807) is 13.1 Å². The van der Waals surface area contributed by atoms with Crippen LogP contribution in [-0.2, 0) is 7.05 Å². The summed E-state index contributed by atoms with van der Waals surface area (Å²) in [5.41, 5.74) is 4.31. The smallest absolute Gasteiger partial charge is 0.267 e. The van der Waals surface area contributed by atoms with E-state index in [-0.39, 0.29) is 5.56 Å². The average Bonchev–Trinajstić information content (AvgIpc) is 2.91. The van der Waals surface area contributed by atoms with Gasteiger partial charge in [0.15, 0.2) is 0 Å². The molecule has 1 unspecified atom stereocenters. The first-order chi connectivity index (χ1) is 17.1. The summed E-state index contributed by atoms with van der Waals surface area (Å²) in [5, 5.41) is 15.4. The molecule has 5 nitrogen and oxygen atoms in total. The van der Waals surface area contributed by atoms with Crippen LogP contribution in [0.5, 0.6) is 11.5 Å². The molecule has 0 aliphatic carbocycles. The van der Waals surface area contributed by atoms with Crippen molar-refractivity contribution in [2.45, 2.75) is 6.10 Å². The zero-order valence-corrected chi connectivity index (χ0v) is 19.2. The van der Waals surface area contributed by atoms with E-state index < -0.39 is 6.10 Å². The summed E-state index contributed by atoms with van der Waals surface area (Å²) < 4.78 is 7.49. The van der Waals surface area contributed by atoms with Gasteiger partial charge in [0.2, 0.25) is 0 Å². The van der Waals surface area contributed by atoms with Gasteiger partial charge in [-0.15, -0.1) is 0 Å². The molecule has 5 aromatic rings. The number of aliphatic hydroxyl groups is 1. The predicted molar refractivity (Wildman–Crippen MR) is 137 cm³/mol. The van der Waals surface area contributed by atoms with Crippen molar-refractivity contribution in [2.24, 2.45) is 7.05 Å². The van der Waals surface area contributed by atoms with E-state index in [9.17, 15) is 9.90 Å². The quantitative estimate of drug-likeness (QED) is 0.338. The van der Waals surface area contributed by atoms with Gasteiger partial charge in [0.05, 0.1) is 0 Å². The zero-order valence-electron chi connectivity index (χ0n) is 19.2. The van der Waals surface area contributed by atoms with Crippen molar-refractivity contribution in [2.75, 3.05) is 0 Å². The second-order valence-electron chi connectivity index (χ2n) is 8.21. The van der Waals surface area contributed by atoms with Crippen LogP contribution in [0.3, 0.4) is 0 Å². The molecule has 1 N–H and O–H groups in total. The Balaban J connectivity index is 1.57. The molecule has 0 fully saturated rings. The molecule has 0 bridgehead atoms. The fourth-order valence-corrected chi connectivity index (χ4v) is 4.00. The highest BCUT2D eigenvalue weighted by molar-refractivity contribution is 5.83. The van der Waals surface area contributed by atoms with Crippen molar-refractivity contribution in [3.63, 3.8) is 0 Å². The number of aromatic nitrogens is 2. The number of nitrogens with zero attached hydrogens (tertiary/aromatic N) is 2. The Morgan fingerprint density at radius 2 is 1.34 bits per heavy atom. The second-order valence-corrected chi connectivity index (χ2v) is 8.21. The van der Waals surface area contributed by atoms with Crippen LogP contribution < -0.4 is 10.3 Å². The van der Waals surface area contributed by atoms with E-state index in [4.69, 9.17) is 4.74 Å². The highest BCUT2D eigenvalue weighted by Crippen LogP contribution is 2.37. The SMILES string of the molecule is Cn1nc(-c2ccccc2Oc2ccccc2)c(-c2ccc(C(O)c3ccccc3)cc2)cc1=O. The number of hydrogen-bond acceptors (Lipinski definition) is 4. The maximum Gasteiger partial charge on any atom is 0.267 e. The van der Waals surface area contributed by atoms with Crippen LogP contribution in [0.4, 0.5) is 0 Å². The molecule has 0 saturated heterocycles. The molecule has 5 heteroatoms. The number of hydrogen-bond donors (Lipinski definition) is 1. The molecule has 0 saturated carbocycles. The molecule has 4 aromatic carbocycles. The summed E-state index contributed by atoms with van der Waals surface area (Å²) in [7, 11) is 1.63. The van der Waals surface area contributed by atoms with Crippen molar-refractivity contribution in [3.8, 4) is 33.9 Å². The lowest BCUT2D eigenvalue weighted by Gasteiger charge is -2.16. The Labute approximate surface area is 203 Å². The van der Waals surface area contributed by atoms with Crippen LogP contribution in [0.25, 0.3) is 22.4 Å². The third-order valence-electron chi connectivity index (χ3n) is 5.86. The lowest BCUT2D eigenvalue weighted by molar-refractivity contribution is 0.220. The highest BCUT2D eigenvalue weighted by atomic mass is 16.5.